The average Bonchev–Trinajstić information content (AvgIpc) is 2.09. The Hall–Kier alpha value is -1.50. The van der Waals surface area contributed by atoms with Crippen LogP contribution in [0.1, 0.15) is 33.6 Å². The summed E-state index contributed by atoms with van der Waals surface area (Å²) < 4.78 is 5.19. The Morgan fingerprint density at radius 3 is 2.47 bits per heavy atom. The first kappa shape index (κ1) is 13.6. The number of ether oxygens (including phenoxy) is 1. The third-order valence-corrected chi connectivity index (χ3v) is 2.50. The van der Waals surface area contributed by atoms with Crippen LogP contribution in [0.15, 0.2) is 0 Å². The van der Waals surface area contributed by atoms with Crippen molar-refractivity contribution in [3.8, 4) is 12.3 Å². The lowest BCUT2D eigenvalue weighted by molar-refractivity contribution is -0.127. The maximum atomic E-state index is 11.6. The number of Topliss-reactive ketones (excluding diaryl/α,β-unsaturated/α-hetero) is 1. The van der Waals surface area contributed by atoms with Crippen LogP contribution in [-0.4, -0.2) is 35.5 Å². The lowest BCUT2D eigenvalue weighted by Gasteiger charge is -2.38. The van der Waals surface area contributed by atoms with Gasteiger partial charge < -0.3 is 9.64 Å². The maximum Gasteiger partial charge on any atom is 0.410 e. The molecule has 0 unspecified atom stereocenters. The van der Waals surface area contributed by atoms with Gasteiger partial charge in [0.2, 0.25) is 0 Å². The zero-order valence-electron chi connectivity index (χ0n) is 10.7. The molecule has 4 heteroatoms. The van der Waals surface area contributed by atoms with Crippen LogP contribution in [0.5, 0.6) is 0 Å². The number of hydrogen-bond acceptors (Lipinski definition) is 3. The average molecular weight is 237 g/mol. The minimum Gasteiger partial charge on any atom is -0.444 e. The van der Waals surface area contributed by atoms with E-state index in [1.165, 1.54) is 0 Å². The van der Waals surface area contributed by atoms with Gasteiger partial charge in [-0.1, -0.05) is 0 Å². The summed E-state index contributed by atoms with van der Waals surface area (Å²) in [7, 11) is 0. The van der Waals surface area contributed by atoms with E-state index in [1.54, 1.807) is 4.90 Å². The van der Waals surface area contributed by atoms with Gasteiger partial charge in [0.05, 0.1) is 5.92 Å². The topological polar surface area (TPSA) is 46.6 Å². The van der Waals surface area contributed by atoms with Gasteiger partial charge in [-0.25, -0.2) is 4.79 Å². The van der Waals surface area contributed by atoms with Crippen LogP contribution >= 0.6 is 0 Å². The summed E-state index contributed by atoms with van der Waals surface area (Å²) in [5, 5.41) is 0. The van der Waals surface area contributed by atoms with Gasteiger partial charge in [0.1, 0.15) is 11.4 Å². The van der Waals surface area contributed by atoms with Crippen molar-refractivity contribution in [1.29, 1.82) is 0 Å². The quantitative estimate of drug-likeness (QED) is 0.704. The van der Waals surface area contributed by atoms with E-state index in [-0.39, 0.29) is 17.8 Å². The van der Waals surface area contributed by atoms with Crippen molar-refractivity contribution >= 4 is 11.9 Å². The van der Waals surface area contributed by atoms with E-state index in [9.17, 15) is 9.59 Å². The zero-order valence-corrected chi connectivity index (χ0v) is 10.7. The monoisotopic (exact) mass is 237 g/mol. The summed E-state index contributed by atoms with van der Waals surface area (Å²) in [6, 6.07) is 0. The first-order valence-corrected chi connectivity index (χ1v) is 5.77. The molecule has 0 saturated carbocycles. The number of hydrogen-bond donors (Lipinski definition) is 0. The van der Waals surface area contributed by atoms with Crippen molar-refractivity contribution in [2.24, 2.45) is 5.92 Å². The standard InChI is InChI=1S/C13H19NO3/c1-5-6-7-11(15)10-8-14(9-10)12(16)17-13(2,3)4/h1,10H,6-9H2,2-4H3. The fourth-order valence-electron chi connectivity index (χ4n) is 1.56. The molecule has 94 valence electrons. The van der Waals surface area contributed by atoms with Gasteiger partial charge in [-0.2, -0.15) is 0 Å². The van der Waals surface area contributed by atoms with Gasteiger partial charge in [-0.15, -0.1) is 12.3 Å². The molecular formula is C13H19NO3. The molecule has 1 aliphatic rings. The van der Waals surface area contributed by atoms with Crippen LogP contribution in [0.2, 0.25) is 0 Å². The van der Waals surface area contributed by atoms with Crippen molar-refractivity contribution in [2.45, 2.75) is 39.2 Å². The SMILES string of the molecule is C#CCCC(=O)C1CN(C(=O)OC(C)(C)C)C1. The predicted molar refractivity (Wildman–Crippen MR) is 64.4 cm³/mol. The number of likely N-dealkylation sites (tertiary alicyclic amines) is 1. The molecule has 0 aromatic rings. The summed E-state index contributed by atoms with van der Waals surface area (Å²) in [5.41, 5.74) is -0.490. The number of carbonyl (C=O) groups is 2. The molecule has 17 heavy (non-hydrogen) atoms. The van der Waals surface area contributed by atoms with E-state index >= 15 is 0 Å². The number of rotatable bonds is 3. The summed E-state index contributed by atoms with van der Waals surface area (Å²) in [5.74, 6) is 2.52. The highest BCUT2D eigenvalue weighted by molar-refractivity contribution is 5.84. The van der Waals surface area contributed by atoms with Crippen molar-refractivity contribution in [3.05, 3.63) is 0 Å². The molecule has 1 heterocycles. The van der Waals surface area contributed by atoms with Gasteiger partial charge in [0.15, 0.2) is 0 Å². The van der Waals surface area contributed by atoms with Gasteiger partial charge in [0.25, 0.3) is 0 Å². The highest BCUT2D eigenvalue weighted by atomic mass is 16.6. The minimum absolute atomic E-state index is 0.0594. The number of ketones is 1. The molecule has 1 rings (SSSR count). The van der Waals surface area contributed by atoms with E-state index in [4.69, 9.17) is 11.2 Å². The molecule has 0 aromatic carbocycles. The molecule has 1 amide bonds. The lowest BCUT2D eigenvalue weighted by atomic mass is 9.93. The molecule has 1 fully saturated rings. The number of terminal acetylenes is 1. The van der Waals surface area contributed by atoms with Crippen LogP contribution in [-0.2, 0) is 9.53 Å². The Morgan fingerprint density at radius 1 is 1.41 bits per heavy atom. The van der Waals surface area contributed by atoms with Crippen molar-refractivity contribution in [2.75, 3.05) is 13.1 Å². The van der Waals surface area contributed by atoms with Crippen LogP contribution in [0.25, 0.3) is 0 Å². The second kappa shape index (κ2) is 5.22. The Labute approximate surface area is 102 Å². The van der Waals surface area contributed by atoms with Crippen LogP contribution < -0.4 is 0 Å². The van der Waals surface area contributed by atoms with E-state index in [0.29, 0.717) is 25.9 Å². The van der Waals surface area contributed by atoms with Crippen molar-refractivity contribution < 1.29 is 14.3 Å². The second-order valence-electron chi connectivity index (χ2n) is 5.25. The van der Waals surface area contributed by atoms with Crippen LogP contribution in [0.3, 0.4) is 0 Å². The first-order valence-electron chi connectivity index (χ1n) is 5.77. The summed E-state index contributed by atoms with van der Waals surface area (Å²) in [6.45, 7) is 6.37. The molecule has 0 spiro atoms. The third-order valence-electron chi connectivity index (χ3n) is 2.50. The van der Waals surface area contributed by atoms with Gasteiger partial charge in [-0.3, -0.25) is 4.79 Å². The molecule has 0 aromatic heterocycles. The van der Waals surface area contributed by atoms with E-state index < -0.39 is 5.60 Å². The van der Waals surface area contributed by atoms with E-state index in [2.05, 4.69) is 5.92 Å². The normalized spacial score (nSPS) is 16.0. The Balaban J connectivity index is 2.30. The minimum atomic E-state index is -0.490. The van der Waals surface area contributed by atoms with Crippen molar-refractivity contribution in [3.63, 3.8) is 0 Å². The number of nitrogens with zero attached hydrogens (tertiary/aromatic N) is 1. The number of carbonyl (C=O) groups excluding carboxylic acids is 2. The Kier molecular flexibility index (Phi) is 4.17. The predicted octanol–water partition coefficient (Wildman–Crippen LogP) is 1.84. The van der Waals surface area contributed by atoms with Gasteiger partial charge in [0, 0.05) is 25.9 Å². The first-order chi connectivity index (χ1) is 7.83. The lowest BCUT2D eigenvalue weighted by Crippen LogP contribution is -2.54. The van der Waals surface area contributed by atoms with Crippen LogP contribution in [0, 0.1) is 18.3 Å². The van der Waals surface area contributed by atoms with E-state index in [0.717, 1.165) is 0 Å². The third kappa shape index (κ3) is 4.10. The summed E-state index contributed by atoms with van der Waals surface area (Å²) in [4.78, 5) is 24.7. The fourth-order valence-corrected chi connectivity index (χ4v) is 1.56. The largest absolute Gasteiger partial charge is 0.444 e. The van der Waals surface area contributed by atoms with Crippen molar-refractivity contribution in [1.82, 2.24) is 4.90 Å². The molecule has 0 bridgehead atoms. The highest BCUT2D eigenvalue weighted by Crippen LogP contribution is 2.21. The highest BCUT2D eigenvalue weighted by Gasteiger charge is 2.37. The Morgan fingerprint density at radius 2 is 2.00 bits per heavy atom. The molecule has 0 N–H and O–H groups in total. The summed E-state index contributed by atoms with van der Waals surface area (Å²) in [6.07, 6.45) is 5.63. The molecule has 4 nitrogen and oxygen atoms in total. The molecule has 0 radical (unpaired) electrons. The molecule has 1 saturated heterocycles. The molecule has 0 aliphatic carbocycles. The fraction of sp³-hybridized carbons (Fsp3) is 0.692. The number of amides is 1. The Bertz CT molecular complexity index is 343. The smallest absolute Gasteiger partial charge is 0.410 e. The van der Waals surface area contributed by atoms with Gasteiger partial charge >= 0.3 is 6.09 Å². The summed E-state index contributed by atoms with van der Waals surface area (Å²) >= 11 is 0. The second-order valence-corrected chi connectivity index (χ2v) is 5.25. The molecule has 0 atom stereocenters. The van der Waals surface area contributed by atoms with Gasteiger partial charge in [-0.05, 0) is 20.8 Å². The van der Waals surface area contributed by atoms with E-state index in [1.807, 2.05) is 20.8 Å². The molecular weight excluding hydrogens is 218 g/mol. The van der Waals surface area contributed by atoms with Crippen LogP contribution in [0.4, 0.5) is 4.79 Å². The molecule has 1 aliphatic heterocycles. The zero-order chi connectivity index (χ0) is 13.1. The maximum absolute atomic E-state index is 11.6.